The quantitative estimate of drug-likeness (QED) is 0.124. The highest BCUT2D eigenvalue weighted by molar-refractivity contribution is 6.33. The molecule has 3 N–H and O–H groups in total. The molecule has 278 valence electrons. The number of benzene rings is 3. The number of piperidine rings is 1. The van der Waals surface area contributed by atoms with Gasteiger partial charge >= 0.3 is 6.09 Å². The summed E-state index contributed by atoms with van der Waals surface area (Å²) in [5, 5.41) is 22.4. The van der Waals surface area contributed by atoms with Gasteiger partial charge in [-0.05, 0) is 81.8 Å². The summed E-state index contributed by atoms with van der Waals surface area (Å²) in [7, 11) is 1.70. The van der Waals surface area contributed by atoms with Gasteiger partial charge in [0.1, 0.15) is 5.82 Å². The lowest BCUT2D eigenvalue weighted by Crippen LogP contribution is -2.54. The van der Waals surface area contributed by atoms with E-state index >= 15 is 0 Å². The summed E-state index contributed by atoms with van der Waals surface area (Å²) >= 11 is 6.58. The Balaban J connectivity index is 1.34. The predicted molar refractivity (Wildman–Crippen MR) is 203 cm³/mol. The second-order valence-electron chi connectivity index (χ2n) is 14.4. The van der Waals surface area contributed by atoms with Crippen LogP contribution < -0.4 is 5.32 Å². The predicted octanol–water partition coefficient (Wildman–Crippen LogP) is 6.60. The number of carbonyl (C=O) groups is 3. The number of aromatic nitrogens is 2. The van der Waals surface area contributed by atoms with Crippen LogP contribution in [-0.4, -0.2) is 99.0 Å². The number of imidazole rings is 1. The lowest BCUT2D eigenvalue weighted by Gasteiger charge is -2.41. The zero-order valence-electron chi connectivity index (χ0n) is 30.5. The zero-order valence-corrected chi connectivity index (χ0v) is 31.2. The first-order valence-corrected chi connectivity index (χ1v) is 18.3. The number of ether oxygens (including phenoxy) is 1. The molecule has 0 radical (unpaired) electrons. The first kappa shape index (κ1) is 38.8. The summed E-state index contributed by atoms with van der Waals surface area (Å²) < 4.78 is 7.59. The highest BCUT2D eigenvalue weighted by atomic mass is 35.5. The number of aryl methyl sites for hydroxylation is 1. The standard InChI is InChI=1S/C40H50ClN5O6/c1-40(2,3)46(39(50)51)31(23-27-12-14-28(15-13-27)32-17-16-29(24-33(32)41)38(49)42-18-21-47)25-36(48)44-19-7-9-30(26-44)37-43-34-10-5-6-11-35(34)45(37)20-8-22-52-4/h5-6,10-17,24,30-31,47H,7-9,18-23,25-26H2,1-4H3,(H,42,49)(H,50,51)/t30-,31-/m1/s1. The van der Waals surface area contributed by atoms with Crippen LogP contribution in [0.4, 0.5) is 4.79 Å². The summed E-state index contributed by atoms with van der Waals surface area (Å²) in [5.41, 5.74) is 4.12. The lowest BCUT2D eigenvalue weighted by atomic mass is 9.93. The van der Waals surface area contributed by atoms with Crippen molar-refractivity contribution in [1.29, 1.82) is 0 Å². The molecule has 4 aromatic rings. The first-order valence-electron chi connectivity index (χ1n) is 17.9. The maximum atomic E-state index is 14.1. The number of para-hydroxylation sites is 2. The minimum Gasteiger partial charge on any atom is -0.465 e. The Morgan fingerprint density at radius 1 is 1.10 bits per heavy atom. The van der Waals surface area contributed by atoms with E-state index in [0.29, 0.717) is 36.7 Å². The minimum absolute atomic E-state index is 0.0495. The van der Waals surface area contributed by atoms with Crippen LogP contribution in [-0.2, 0) is 22.5 Å². The number of nitrogens with one attached hydrogen (secondary N) is 1. The molecule has 3 aromatic carbocycles. The number of likely N-dealkylation sites (tertiary alicyclic amines) is 1. The fraction of sp³-hybridized carbons (Fsp3) is 0.450. The van der Waals surface area contributed by atoms with E-state index in [-0.39, 0.29) is 37.3 Å². The molecule has 1 aromatic heterocycles. The molecule has 5 rings (SSSR count). The van der Waals surface area contributed by atoms with E-state index in [9.17, 15) is 19.5 Å². The van der Waals surface area contributed by atoms with E-state index in [1.165, 1.54) is 4.90 Å². The SMILES string of the molecule is COCCCn1c([C@@H]2CCCN(C(=O)C[C@@H](Cc3ccc(-c4ccc(C(=O)NCCO)cc4Cl)cc3)N(C(=O)O)C(C)(C)C)C2)nc2ccccc21. The molecule has 11 nitrogen and oxygen atoms in total. The molecule has 1 aliphatic rings. The van der Waals surface area contributed by atoms with Crippen molar-refractivity contribution in [3.63, 3.8) is 0 Å². The summed E-state index contributed by atoms with van der Waals surface area (Å²) in [4.78, 5) is 47.5. The van der Waals surface area contributed by atoms with E-state index in [1.807, 2.05) is 68.1 Å². The smallest absolute Gasteiger partial charge is 0.408 e. The molecular formula is C40H50ClN5O6. The molecule has 0 aliphatic carbocycles. The van der Waals surface area contributed by atoms with Gasteiger partial charge in [-0.1, -0.05) is 54.1 Å². The van der Waals surface area contributed by atoms with Gasteiger partial charge in [-0.15, -0.1) is 0 Å². The molecular weight excluding hydrogens is 682 g/mol. The average molecular weight is 732 g/mol. The van der Waals surface area contributed by atoms with Gasteiger partial charge in [0.2, 0.25) is 5.91 Å². The maximum absolute atomic E-state index is 14.1. The number of halogens is 1. The number of carboxylic acid groups (broad SMARTS) is 1. The normalized spacial score (nSPS) is 15.4. The third kappa shape index (κ3) is 9.31. The molecule has 1 fully saturated rings. The van der Waals surface area contributed by atoms with Crippen LogP contribution in [0.15, 0.2) is 66.7 Å². The molecule has 0 bridgehead atoms. The number of nitrogens with zero attached hydrogens (tertiary/aromatic N) is 4. The summed E-state index contributed by atoms with van der Waals surface area (Å²) in [6.45, 7) is 8.11. The van der Waals surface area contributed by atoms with Gasteiger partial charge in [-0.3, -0.25) is 14.5 Å². The van der Waals surface area contributed by atoms with Crippen LogP contribution in [0.5, 0.6) is 0 Å². The van der Waals surface area contributed by atoms with Crippen molar-refractivity contribution in [2.24, 2.45) is 0 Å². The van der Waals surface area contributed by atoms with E-state index in [2.05, 4.69) is 16.0 Å². The molecule has 3 amide bonds. The van der Waals surface area contributed by atoms with Gasteiger partial charge in [0.15, 0.2) is 0 Å². The largest absolute Gasteiger partial charge is 0.465 e. The third-order valence-electron chi connectivity index (χ3n) is 9.62. The number of rotatable bonds is 14. The Bertz CT molecular complexity index is 1850. The number of aliphatic hydroxyl groups excluding tert-OH is 1. The van der Waals surface area contributed by atoms with Crippen molar-refractivity contribution in [3.05, 3.63) is 88.7 Å². The number of hydrogen-bond acceptors (Lipinski definition) is 6. The fourth-order valence-electron chi connectivity index (χ4n) is 7.25. The van der Waals surface area contributed by atoms with Crippen molar-refractivity contribution in [2.45, 2.75) is 76.9 Å². The van der Waals surface area contributed by atoms with Crippen molar-refractivity contribution in [3.8, 4) is 11.1 Å². The topological polar surface area (TPSA) is 137 Å². The number of hydrogen-bond donors (Lipinski definition) is 3. The van der Waals surface area contributed by atoms with Crippen molar-refractivity contribution in [1.82, 2.24) is 24.7 Å². The molecule has 1 aliphatic heterocycles. The van der Waals surface area contributed by atoms with E-state index in [1.54, 1.807) is 25.3 Å². The Hall–Kier alpha value is -4.45. The van der Waals surface area contributed by atoms with Gasteiger partial charge in [0, 0.05) is 80.0 Å². The molecule has 0 spiro atoms. The van der Waals surface area contributed by atoms with Gasteiger partial charge in [0.25, 0.3) is 5.91 Å². The van der Waals surface area contributed by atoms with Crippen LogP contribution >= 0.6 is 11.6 Å². The molecule has 1 saturated heterocycles. The number of amides is 3. The van der Waals surface area contributed by atoms with Gasteiger partial charge in [-0.2, -0.15) is 0 Å². The monoisotopic (exact) mass is 731 g/mol. The van der Waals surface area contributed by atoms with Crippen LogP contribution in [0.3, 0.4) is 0 Å². The number of methoxy groups -OCH3 is 1. The molecule has 2 heterocycles. The highest BCUT2D eigenvalue weighted by Gasteiger charge is 2.37. The van der Waals surface area contributed by atoms with Crippen LogP contribution in [0.1, 0.15) is 74.1 Å². The Labute approximate surface area is 310 Å². The second kappa shape index (κ2) is 17.4. The molecule has 52 heavy (non-hydrogen) atoms. The Kier molecular flexibility index (Phi) is 13.0. The highest BCUT2D eigenvalue weighted by Crippen LogP contribution is 2.32. The van der Waals surface area contributed by atoms with Crippen LogP contribution in [0, 0.1) is 0 Å². The Morgan fingerprint density at radius 3 is 2.52 bits per heavy atom. The van der Waals surface area contributed by atoms with Crippen LogP contribution in [0.25, 0.3) is 22.2 Å². The van der Waals surface area contributed by atoms with Crippen molar-refractivity contribution >= 4 is 40.5 Å². The summed E-state index contributed by atoms with van der Waals surface area (Å²) in [6.07, 6.45) is 1.93. The second-order valence-corrected chi connectivity index (χ2v) is 14.8. The van der Waals surface area contributed by atoms with E-state index in [0.717, 1.165) is 59.4 Å². The van der Waals surface area contributed by atoms with Crippen molar-refractivity contribution in [2.75, 3.05) is 40.0 Å². The lowest BCUT2D eigenvalue weighted by molar-refractivity contribution is -0.134. The maximum Gasteiger partial charge on any atom is 0.408 e. The average Bonchev–Trinajstić information content (AvgIpc) is 3.49. The molecule has 0 unspecified atom stereocenters. The van der Waals surface area contributed by atoms with Crippen molar-refractivity contribution < 1.29 is 29.3 Å². The molecule has 2 atom stereocenters. The summed E-state index contributed by atoms with van der Waals surface area (Å²) in [6, 6.07) is 20.2. The van der Waals surface area contributed by atoms with Crippen LogP contribution in [0.2, 0.25) is 5.02 Å². The zero-order chi connectivity index (χ0) is 37.4. The summed E-state index contributed by atoms with van der Waals surface area (Å²) in [5.74, 6) is 0.650. The number of carbonyl (C=O) groups excluding carboxylic acids is 2. The van der Waals surface area contributed by atoms with E-state index < -0.39 is 17.7 Å². The minimum atomic E-state index is -1.07. The number of aliphatic hydroxyl groups is 1. The molecule has 12 heteroatoms. The van der Waals surface area contributed by atoms with E-state index in [4.69, 9.17) is 26.4 Å². The van der Waals surface area contributed by atoms with Gasteiger partial charge < -0.3 is 29.7 Å². The Morgan fingerprint density at radius 2 is 1.85 bits per heavy atom. The van der Waals surface area contributed by atoms with Gasteiger partial charge in [0.05, 0.1) is 17.6 Å². The van der Waals surface area contributed by atoms with Gasteiger partial charge in [-0.25, -0.2) is 9.78 Å². The molecule has 0 saturated carbocycles. The third-order valence-corrected chi connectivity index (χ3v) is 9.94. The fourth-order valence-corrected chi connectivity index (χ4v) is 7.54. The first-order chi connectivity index (χ1) is 24.9. The number of fused-ring (bicyclic) bond motifs is 1.